The summed E-state index contributed by atoms with van der Waals surface area (Å²) in [6, 6.07) is 0.157. The van der Waals surface area contributed by atoms with Gasteiger partial charge in [-0.2, -0.15) is 0 Å². The number of carbonyl (C=O) groups is 2. The molecule has 86 valence electrons. The number of carbonyl (C=O) groups excluding carboxylic acids is 1. The Morgan fingerprint density at radius 1 is 1.53 bits per heavy atom. The van der Waals surface area contributed by atoms with Gasteiger partial charge in [0.25, 0.3) is 0 Å². The van der Waals surface area contributed by atoms with Crippen LogP contribution >= 0.6 is 0 Å². The lowest BCUT2D eigenvalue weighted by atomic mass is 9.88. The fraction of sp³-hybridized carbons (Fsp3) is 0.818. The van der Waals surface area contributed by atoms with Gasteiger partial charge in [-0.25, -0.2) is 4.79 Å². The molecule has 1 rings (SSSR count). The number of amides is 1. The van der Waals surface area contributed by atoms with E-state index < -0.39 is 11.5 Å². The van der Waals surface area contributed by atoms with Gasteiger partial charge in [-0.3, -0.25) is 4.79 Å². The first kappa shape index (κ1) is 12.0. The van der Waals surface area contributed by atoms with Crippen molar-refractivity contribution >= 4 is 12.4 Å². The number of hydrogen-bond donors (Lipinski definition) is 1. The van der Waals surface area contributed by atoms with Crippen molar-refractivity contribution in [1.29, 1.82) is 0 Å². The van der Waals surface area contributed by atoms with Gasteiger partial charge >= 0.3 is 5.97 Å². The van der Waals surface area contributed by atoms with Gasteiger partial charge in [0, 0.05) is 6.04 Å². The molecule has 1 amide bonds. The first-order chi connectivity index (χ1) is 7.12. The molecule has 1 fully saturated rings. The van der Waals surface area contributed by atoms with Crippen LogP contribution in [0.5, 0.6) is 0 Å². The summed E-state index contributed by atoms with van der Waals surface area (Å²) in [6.07, 6.45) is 4.39. The van der Waals surface area contributed by atoms with Gasteiger partial charge in [-0.05, 0) is 25.7 Å². The zero-order valence-electron chi connectivity index (χ0n) is 9.40. The molecule has 0 saturated heterocycles. The molecule has 4 heteroatoms. The molecule has 1 saturated carbocycles. The Balaban J connectivity index is 2.93. The summed E-state index contributed by atoms with van der Waals surface area (Å²) in [7, 11) is 0. The summed E-state index contributed by atoms with van der Waals surface area (Å²) in [4.78, 5) is 23.9. The molecule has 0 aromatic heterocycles. The molecule has 0 radical (unpaired) electrons. The summed E-state index contributed by atoms with van der Waals surface area (Å²) in [6.45, 7) is 3.78. The number of nitrogens with zero attached hydrogens (tertiary/aromatic N) is 1. The topological polar surface area (TPSA) is 57.6 Å². The van der Waals surface area contributed by atoms with E-state index in [0.29, 0.717) is 19.3 Å². The Kier molecular flexibility index (Phi) is 3.72. The van der Waals surface area contributed by atoms with Crippen LogP contribution in [0.15, 0.2) is 0 Å². The monoisotopic (exact) mass is 213 g/mol. The lowest BCUT2D eigenvalue weighted by Crippen LogP contribution is -2.54. The number of hydrogen-bond acceptors (Lipinski definition) is 2. The third-order valence-electron chi connectivity index (χ3n) is 3.19. The van der Waals surface area contributed by atoms with Crippen molar-refractivity contribution in [3.63, 3.8) is 0 Å². The molecule has 1 aliphatic rings. The zero-order valence-corrected chi connectivity index (χ0v) is 9.40. The minimum Gasteiger partial charge on any atom is -0.479 e. The first-order valence-corrected chi connectivity index (χ1v) is 5.59. The summed E-state index contributed by atoms with van der Waals surface area (Å²) in [5.41, 5.74) is -0.975. The van der Waals surface area contributed by atoms with Crippen LogP contribution in [-0.2, 0) is 9.59 Å². The zero-order chi connectivity index (χ0) is 11.5. The second-order valence-corrected chi connectivity index (χ2v) is 4.18. The van der Waals surface area contributed by atoms with Crippen LogP contribution < -0.4 is 0 Å². The average Bonchev–Trinajstić information content (AvgIpc) is 3.01. The number of aliphatic carboxylic acids is 1. The minimum absolute atomic E-state index is 0.157. The van der Waals surface area contributed by atoms with E-state index in [9.17, 15) is 14.7 Å². The van der Waals surface area contributed by atoms with Crippen molar-refractivity contribution in [2.24, 2.45) is 0 Å². The maximum Gasteiger partial charge on any atom is 0.329 e. The number of rotatable bonds is 7. The number of carboxylic acid groups (broad SMARTS) is 1. The van der Waals surface area contributed by atoms with E-state index in [0.717, 1.165) is 19.3 Å². The van der Waals surface area contributed by atoms with Crippen LogP contribution in [0.3, 0.4) is 0 Å². The highest BCUT2D eigenvalue weighted by atomic mass is 16.4. The van der Waals surface area contributed by atoms with Crippen LogP contribution in [0.25, 0.3) is 0 Å². The maximum atomic E-state index is 11.4. The lowest BCUT2D eigenvalue weighted by Gasteiger charge is -2.37. The summed E-state index contributed by atoms with van der Waals surface area (Å²) >= 11 is 0. The normalized spacial score (nSPS) is 19.3. The highest BCUT2D eigenvalue weighted by Gasteiger charge is 2.47. The van der Waals surface area contributed by atoms with E-state index in [1.54, 1.807) is 0 Å². The first-order valence-electron chi connectivity index (χ1n) is 5.59. The highest BCUT2D eigenvalue weighted by Crippen LogP contribution is 2.36. The Labute approximate surface area is 90.3 Å². The van der Waals surface area contributed by atoms with Gasteiger partial charge in [0.1, 0.15) is 5.54 Å². The minimum atomic E-state index is -0.975. The third kappa shape index (κ3) is 2.13. The molecule has 1 N–H and O–H groups in total. The Hall–Kier alpha value is -1.06. The molecule has 4 nitrogen and oxygen atoms in total. The molecular formula is C11H19NO3. The quantitative estimate of drug-likeness (QED) is 0.654. The van der Waals surface area contributed by atoms with Gasteiger partial charge in [-0.15, -0.1) is 0 Å². The van der Waals surface area contributed by atoms with E-state index >= 15 is 0 Å². The van der Waals surface area contributed by atoms with E-state index in [-0.39, 0.29) is 6.04 Å². The van der Waals surface area contributed by atoms with E-state index in [4.69, 9.17) is 0 Å². The van der Waals surface area contributed by atoms with Crippen LogP contribution in [0.2, 0.25) is 0 Å². The molecule has 0 aromatic rings. The Morgan fingerprint density at radius 3 is 2.40 bits per heavy atom. The smallest absolute Gasteiger partial charge is 0.329 e. The fourth-order valence-corrected chi connectivity index (χ4v) is 2.16. The number of carboxylic acids is 1. The van der Waals surface area contributed by atoms with Crippen molar-refractivity contribution in [3.05, 3.63) is 0 Å². The molecule has 0 aliphatic heterocycles. The Bertz CT molecular complexity index is 250. The molecule has 15 heavy (non-hydrogen) atoms. The van der Waals surface area contributed by atoms with Crippen LogP contribution in [0.1, 0.15) is 46.0 Å². The van der Waals surface area contributed by atoms with Gasteiger partial charge in [0.2, 0.25) is 6.41 Å². The molecule has 0 aromatic carbocycles. The largest absolute Gasteiger partial charge is 0.479 e. The fourth-order valence-electron chi connectivity index (χ4n) is 2.16. The van der Waals surface area contributed by atoms with Crippen LogP contribution in [0, 0.1) is 0 Å². The summed E-state index contributed by atoms with van der Waals surface area (Å²) in [5, 5.41) is 9.33. The van der Waals surface area contributed by atoms with Crippen molar-refractivity contribution in [2.75, 3.05) is 0 Å². The average molecular weight is 213 g/mol. The lowest BCUT2D eigenvalue weighted by molar-refractivity contribution is -0.157. The van der Waals surface area contributed by atoms with E-state index in [2.05, 4.69) is 0 Å². The SMILES string of the molecule is CCCC(CC)(C(=O)O)N(C=O)C1CC1. The summed E-state index contributed by atoms with van der Waals surface area (Å²) < 4.78 is 0. The van der Waals surface area contributed by atoms with Gasteiger partial charge in [0.15, 0.2) is 0 Å². The molecule has 1 aliphatic carbocycles. The van der Waals surface area contributed by atoms with Crippen molar-refractivity contribution < 1.29 is 14.7 Å². The standard InChI is InChI=1S/C11H19NO3/c1-3-7-11(4-2,10(14)15)12(8-13)9-5-6-9/h8-9H,3-7H2,1-2H3,(H,14,15). The molecule has 0 bridgehead atoms. The third-order valence-corrected chi connectivity index (χ3v) is 3.19. The highest BCUT2D eigenvalue weighted by molar-refractivity contribution is 5.81. The molecule has 1 atom stereocenters. The van der Waals surface area contributed by atoms with Crippen molar-refractivity contribution in [3.8, 4) is 0 Å². The maximum absolute atomic E-state index is 11.4. The van der Waals surface area contributed by atoms with Crippen molar-refractivity contribution in [1.82, 2.24) is 4.90 Å². The predicted octanol–water partition coefficient (Wildman–Crippen LogP) is 1.64. The van der Waals surface area contributed by atoms with Gasteiger partial charge < -0.3 is 10.0 Å². The van der Waals surface area contributed by atoms with Gasteiger partial charge in [0.05, 0.1) is 0 Å². The van der Waals surface area contributed by atoms with E-state index in [1.165, 1.54) is 4.90 Å². The second-order valence-electron chi connectivity index (χ2n) is 4.18. The Morgan fingerprint density at radius 2 is 2.13 bits per heavy atom. The van der Waals surface area contributed by atoms with E-state index in [1.807, 2.05) is 13.8 Å². The van der Waals surface area contributed by atoms with Crippen LogP contribution in [0.4, 0.5) is 0 Å². The second kappa shape index (κ2) is 4.64. The van der Waals surface area contributed by atoms with Crippen LogP contribution in [-0.4, -0.2) is 34.0 Å². The molecule has 1 unspecified atom stereocenters. The molecular weight excluding hydrogens is 194 g/mol. The summed E-state index contributed by atoms with van der Waals surface area (Å²) in [5.74, 6) is -0.870. The molecule has 0 heterocycles. The van der Waals surface area contributed by atoms with Crippen molar-refractivity contribution in [2.45, 2.75) is 57.5 Å². The molecule has 0 spiro atoms. The predicted molar refractivity (Wildman–Crippen MR) is 56.5 cm³/mol. The van der Waals surface area contributed by atoms with Gasteiger partial charge in [-0.1, -0.05) is 20.3 Å².